The van der Waals surface area contributed by atoms with Gasteiger partial charge in [0.05, 0.1) is 10.4 Å². The Morgan fingerprint density at radius 1 is 1.16 bits per heavy atom. The fraction of sp³-hybridized carbons (Fsp3) is 0.588. The van der Waals surface area contributed by atoms with Crippen LogP contribution in [0, 0.1) is 23.2 Å². The van der Waals surface area contributed by atoms with Crippen molar-refractivity contribution < 1.29 is 17.4 Å². The zero-order valence-corrected chi connectivity index (χ0v) is 15.3. The molecule has 0 radical (unpaired) electrons. The van der Waals surface area contributed by atoms with E-state index in [9.17, 15) is 13.2 Å². The highest BCUT2D eigenvalue weighted by molar-refractivity contribution is 7.84. The molecule has 6 nitrogen and oxygen atoms in total. The first kappa shape index (κ1) is 17.1. The maximum absolute atomic E-state index is 13.0. The van der Waals surface area contributed by atoms with E-state index in [2.05, 4.69) is 9.50 Å². The van der Waals surface area contributed by atoms with Crippen LogP contribution in [0.5, 0.6) is 5.75 Å². The summed E-state index contributed by atoms with van der Waals surface area (Å²) in [6.45, 7) is 0. The minimum atomic E-state index is -4.14. The lowest BCUT2D eigenvalue weighted by Gasteiger charge is -2.55. The molecule has 8 heteroatoms. The Morgan fingerprint density at radius 2 is 1.72 bits per heavy atom. The summed E-state index contributed by atoms with van der Waals surface area (Å²) in [5.41, 5.74) is 0.282. The highest BCUT2D eigenvalue weighted by Gasteiger charge is 2.54. The molecule has 4 bridgehead atoms. The van der Waals surface area contributed by atoms with Gasteiger partial charge in [0, 0.05) is 5.69 Å². The van der Waals surface area contributed by atoms with Crippen LogP contribution in [-0.4, -0.2) is 14.3 Å². The Labute approximate surface area is 152 Å². The van der Waals surface area contributed by atoms with E-state index in [1.165, 1.54) is 31.4 Å². The second kappa shape index (κ2) is 5.86. The molecule has 0 heterocycles. The van der Waals surface area contributed by atoms with E-state index in [0.717, 1.165) is 19.3 Å². The molecule has 1 aromatic carbocycles. The number of nitrogens with one attached hydrogen (secondary N) is 1. The zero-order valence-electron chi connectivity index (χ0n) is 13.7. The minimum absolute atomic E-state index is 0.0581. The fourth-order valence-electron chi connectivity index (χ4n) is 5.42. The van der Waals surface area contributed by atoms with Gasteiger partial charge in [-0.2, -0.15) is 13.6 Å². The van der Waals surface area contributed by atoms with E-state index in [0.29, 0.717) is 23.4 Å². The van der Waals surface area contributed by atoms with Crippen molar-refractivity contribution in [3.8, 4) is 5.75 Å². The van der Waals surface area contributed by atoms with Crippen molar-refractivity contribution in [2.24, 2.45) is 28.3 Å². The fourth-order valence-corrected chi connectivity index (χ4v) is 6.08. The first-order valence-electron chi connectivity index (χ1n) is 8.56. The van der Waals surface area contributed by atoms with Gasteiger partial charge in [-0.05, 0) is 74.5 Å². The van der Waals surface area contributed by atoms with Crippen molar-refractivity contribution >= 4 is 33.5 Å². The van der Waals surface area contributed by atoms with Crippen molar-refractivity contribution in [2.45, 2.75) is 38.5 Å². The van der Waals surface area contributed by atoms with Crippen LogP contribution in [0.1, 0.15) is 38.5 Å². The first-order valence-corrected chi connectivity index (χ1v) is 10.4. The van der Waals surface area contributed by atoms with E-state index < -0.39 is 10.3 Å². The lowest BCUT2D eigenvalue weighted by Crippen LogP contribution is -2.51. The molecule has 0 spiro atoms. The van der Waals surface area contributed by atoms with Crippen molar-refractivity contribution in [1.82, 2.24) is 0 Å². The van der Waals surface area contributed by atoms with Gasteiger partial charge in [0.1, 0.15) is 0 Å². The Balaban J connectivity index is 1.51. The van der Waals surface area contributed by atoms with Crippen LogP contribution >= 0.6 is 11.6 Å². The second-order valence-corrected chi connectivity index (χ2v) is 9.43. The Hall–Kier alpha value is -1.31. The highest BCUT2D eigenvalue weighted by Crippen LogP contribution is 2.60. The molecule has 0 atom stereocenters. The van der Waals surface area contributed by atoms with Gasteiger partial charge in [-0.15, -0.1) is 0 Å². The summed E-state index contributed by atoms with van der Waals surface area (Å²) in [5.74, 6) is 2.06. The molecule has 4 saturated carbocycles. The SMILES string of the molecule is NS(=O)(=O)Oc1ccc(NC(=O)C23CC4CC(CC(C4)C2)C3)cc1Cl. The maximum atomic E-state index is 13.0. The van der Waals surface area contributed by atoms with Crippen molar-refractivity contribution in [1.29, 1.82) is 0 Å². The molecule has 1 aromatic rings. The molecular weight excluding hydrogens is 364 g/mol. The monoisotopic (exact) mass is 384 g/mol. The van der Waals surface area contributed by atoms with Crippen LogP contribution in [0.2, 0.25) is 5.02 Å². The molecular formula is C17H21ClN2O4S. The summed E-state index contributed by atoms with van der Waals surface area (Å²) in [6, 6.07) is 4.45. The number of halogens is 1. The molecule has 136 valence electrons. The Morgan fingerprint density at radius 3 is 2.20 bits per heavy atom. The number of amides is 1. The number of benzene rings is 1. The van der Waals surface area contributed by atoms with E-state index >= 15 is 0 Å². The van der Waals surface area contributed by atoms with Crippen molar-refractivity contribution in [2.75, 3.05) is 5.32 Å². The molecule has 4 aliphatic rings. The summed E-state index contributed by atoms with van der Waals surface area (Å²) in [6.07, 6.45) is 6.76. The second-order valence-electron chi connectivity index (χ2n) is 7.87. The minimum Gasteiger partial charge on any atom is -0.369 e. The van der Waals surface area contributed by atoms with Gasteiger partial charge >= 0.3 is 10.3 Å². The quantitative estimate of drug-likeness (QED) is 0.833. The lowest BCUT2D eigenvalue weighted by molar-refractivity contribution is -0.140. The van der Waals surface area contributed by atoms with Gasteiger partial charge < -0.3 is 9.50 Å². The average Bonchev–Trinajstić information content (AvgIpc) is 2.47. The number of carbonyl (C=O) groups excluding carboxylic acids is 1. The standard InChI is InChI=1S/C17H21ClN2O4S/c18-14-6-13(1-2-15(14)24-25(19,22)23)20-16(21)17-7-10-3-11(8-17)5-12(4-10)9-17/h1-2,6,10-12H,3-5,7-9H2,(H,20,21)(H2,19,22,23). The van der Waals surface area contributed by atoms with Crippen molar-refractivity contribution in [3.63, 3.8) is 0 Å². The molecule has 0 unspecified atom stereocenters. The van der Waals surface area contributed by atoms with Crippen molar-refractivity contribution in [3.05, 3.63) is 23.2 Å². The summed E-state index contributed by atoms with van der Waals surface area (Å²) in [4.78, 5) is 13.0. The Kier molecular flexibility index (Phi) is 4.01. The van der Waals surface area contributed by atoms with Gasteiger partial charge in [0.2, 0.25) is 5.91 Å². The van der Waals surface area contributed by atoms with E-state index in [4.69, 9.17) is 16.7 Å². The molecule has 25 heavy (non-hydrogen) atoms. The van der Waals surface area contributed by atoms with Gasteiger partial charge in [-0.1, -0.05) is 11.6 Å². The molecule has 3 N–H and O–H groups in total. The summed E-state index contributed by atoms with van der Waals surface area (Å²) >= 11 is 6.04. The molecule has 0 saturated heterocycles. The van der Waals surface area contributed by atoms with Gasteiger partial charge in [0.25, 0.3) is 0 Å². The largest absolute Gasteiger partial charge is 0.380 e. The van der Waals surface area contributed by atoms with Crippen LogP contribution in [0.15, 0.2) is 18.2 Å². The molecule has 1 amide bonds. The predicted octanol–water partition coefficient (Wildman–Crippen LogP) is 3.08. The van der Waals surface area contributed by atoms with Crippen LogP contribution in [0.3, 0.4) is 0 Å². The number of nitrogens with two attached hydrogens (primary N) is 1. The third-order valence-electron chi connectivity index (χ3n) is 5.92. The smallest absolute Gasteiger partial charge is 0.369 e. The van der Waals surface area contributed by atoms with Gasteiger partial charge in [-0.3, -0.25) is 4.79 Å². The summed E-state index contributed by atoms with van der Waals surface area (Å²) in [7, 11) is -4.14. The number of rotatable bonds is 4. The van der Waals surface area contributed by atoms with Gasteiger partial charge in [-0.25, -0.2) is 0 Å². The van der Waals surface area contributed by atoms with E-state index in [1.807, 2.05) is 0 Å². The third-order valence-corrected chi connectivity index (χ3v) is 6.62. The van der Waals surface area contributed by atoms with E-state index in [-0.39, 0.29) is 22.1 Å². The lowest BCUT2D eigenvalue weighted by atomic mass is 9.49. The first-order chi connectivity index (χ1) is 11.7. The topological polar surface area (TPSA) is 98.5 Å². The highest BCUT2D eigenvalue weighted by atomic mass is 35.5. The number of hydrogen-bond acceptors (Lipinski definition) is 4. The average molecular weight is 385 g/mol. The molecule has 4 aliphatic carbocycles. The van der Waals surface area contributed by atoms with Crippen LogP contribution in [0.4, 0.5) is 5.69 Å². The Bertz CT molecular complexity index is 789. The maximum Gasteiger partial charge on any atom is 0.380 e. The third kappa shape index (κ3) is 3.37. The summed E-state index contributed by atoms with van der Waals surface area (Å²) < 4.78 is 26.6. The van der Waals surface area contributed by atoms with Crippen LogP contribution in [0.25, 0.3) is 0 Å². The van der Waals surface area contributed by atoms with Crippen LogP contribution in [-0.2, 0) is 15.1 Å². The van der Waals surface area contributed by atoms with Crippen LogP contribution < -0.4 is 14.6 Å². The normalized spacial score (nSPS) is 33.3. The van der Waals surface area contributed by atoms with E-state index in [1.54, 1.807) is 6.07 Å². The number of hydrogen-bond donors (Lipinski definition) is 2. The molecule has 4 fully saturated rings. The number of anilines is 1. The molecule has 5 rings (SSSR count). The predicted molar refractivity (Wildman–Crippen MR) is 94.4 cm³/mol. The zero-order chi connectivity index (χ0) is 17.8. The molecule has 0 aromatic heterocycles. The van der Waals surface area contributed by atoms with Gasteiger partial charge in [0.15, 0.2) is 5.75 Å². The molecule has 0 aliphatic heterocycles. The summed E-state index contributed by atoms with van der Waals surface area (Å²) in [5, 5.41) is 7.90. The number of carbonyl (C=O) groups is 1.